The lowest BCUT2D eigenvalue weighted by molar-refractivity contribution is 0.174. The molecule has 0 aromatic heterocycles. The molecule has 2 N–H and O–H groups in total. The number of benzene rings is 2. The van der Waals surface area contributed by atoms with Crippen molar-refractivity contribution in [3.05, 3.63) is 47.0 Å². The highest BCUT2D eigenvalue weighted by Crippen LogP contribution is 2.46. The van der Waals surface area contributed by atoms with Gasteiger partial charge in [0, 0.05) is 12.0 Å². The molecule has 0 fully saturated rings. The fraction of sp³-hybridized carbons (Fsp3) is 0.368. The van der Waals surface area contributed by atoms with E-state index >= 15 is 0 Å². The van der Waals surface area contributed by atoms with E-state index in [2.05, 4.69) is 17.4 Å². The highest BCUT2D eigenvalue weighted by Gasteiger charge is 2.32. The normalized spacial score (nSPS) is 21.4. The fourth-order valence-corrected chi connectivity index (χ4v) is 3.84. The summed E-state index contributed by atoms with van der Waals surface area (Å²) >= 11 is 0. The maximum absolute atomic E-state index is 9.85. The van der Waals surface area contributed by atoms with E-state index < -0.39 is 0 Å². The molecule has 0 unspecified atom stereocenters. The van der Waals surface area contributed by atoms with Gasteiger partial charge in [0.15, 0.2) is 23.0 Å². The van der Waals surface area contributed by atoms with Gasteiger partial charge in [-0.2, -0.15) is 0 Å². The minimum atomic E-state index is 0.168. The molecule has 0 amide bonds. The summed E-state index contributed by atoms with van der Waals surface area (Å²) in [4.78, 5) is 0. The SMILES string of the molecule is CN[C@@H]1c2cc3c(cc2CC[C@@H]1c1ccc(O)c(OC)c1)OCO3. The second-order valence-electron chi connectivity index (χ2n) is 6.25. The minimum Gasteiger partial charge on any atom is -0.504 e. The van der Waals surface area contributed by atoms with Crippen molar-refractivity contribution in [1.82, 2.24) is 5.32 Å². The molecule has 5 heteroatoms. The highest BCUT2D eigenvalue weighted by molar-refractivity contribution is 5.52. The molecule has 1 aliphatic heterocycles. The maximum atomic E-state index is 9.85. The number of phenols is 1. The van der Waals surface area contributed by atoms with Crippen LogP contribution in [0.4, 0.5) is 0 Å². The Labute approximate surface area is 141 Å². The first-order chi connectivity index (χ1) is 11.7. The summed E-state index contributed by atoms with van der Waals surface area (Å²) in [6.45, 7) is 0.293. The van der Waals surface area contributed by atoms with Crippen molar-refractivity contribution in [3.63, 3.8) is 0 Å². The summed E-state index contributed by atoms with van der Waals surface area (Å²) in [6, 6.07) is 10.00. The maximum Gasteiger partial charge on any atom is 0.231 e. The highest BCUT2D eigenvalue weighted by atomic mass is 16.7. The van der Waals surface area contributed by atoms with Gasteiger partial charge in [0.1, 0.15) is 0 Å². The Balaban J connectivity index is 1.74. The van der Waals surface area contributed by atoms with Crippen molar-refractivity contribution in [3.8, 4) is 23.0 Å². The molecule has 1 aliphatic carbocycles. The van der Waals surface area contributed by atoms with Gasteiger partial charge >= 0.3 is 0 Å². The molecule has 2 atom stereocenters. The van der Waals surface area contributed by atoms with E-state index in [1.807, 2.05) is 19.2 Å². The molecular formula is C19H21NO4. The summed E-state index contributed by atoms with van der Waals surface area (Å²) in [5, 5.41) is 13.3. The smallest absolute Gasteiger partial charge is 0.231 e. The topological polar surface area (TPSA) is 60.0 Å². The number of phenolic OH excluding ortho intramolecular Hbond substituents is 1. The van der Waals surface area contributed by atoms with Crippen molar-refractivity contribution in [1.29, 1.82) is 0 Å². The summed E-state index contributed by atoms with van der Waals surface area (Å²) in [5.41, 5.74) is 3.72. The van der Waals surface area contributed by atoms with Crippen molar-refractivity contribution >= 4 is 0 Å². The first kappa shape index (κ1) is 15.1. The van der Waals surface area contributed by atoms with Gasteiger partial charge in [0.2, 0.25) is 6.79 Å². The molecular weight excluding hydrogens is 306 g/mol. The molecule has 24 heavy (non-hydrogen) atoms. The summed E-state index contributed by atoms with van der Waals surface area (Å²) in [5.74, 6) is 2.64. The predicted octanol–water partition coefficient (Wildman–Crippen LogP) is 3.12. The lowest BCUT2D eigenvalue weighted by Crippen LogP contribution is -2.28. The number of aromatic hydroxyl groups is 1. The van der Waals surface area contributed by atoms with Crippen LogP contribution in [0.1, 0.15) is 35.1 Å². The predicted molar refractivity (Wildman–Crippen MR) is 90.1 cm³/mol. The zero-order chi connectivity index (χ0) is 16.7. The van der Waals surface area contributed by atoms with Gasteiger partial charge in [-0.05, 0) is 60.8 Å². The number of hydrogen-bond donors (Lipinski definition) is 2. The average Bonchev–Trinajstić information content (AvgIpc) is 3.06. The van der Waals surface area contributed by atoms with Crippen LogP contribution >= 0.6 is 0 Å². The van der Waals surface area contributed by atoms with Crippen LogP contribution in [0.15, 0.2) is 30.3 Å². The largest absolute Gasteiger partial charge is 0.504 e. The Morgan fingerprint density at radius 1 is 1.17 bits per heavy atom. The van der Waals surface area contributed by atoms with Crippen LogP contribution in [-0.2, 0) is 6.42 Å². The molecule has 0 saturated heterocycles. The van der Waals surface area contributed by atoms with Gasteiger partial charge in [-0.3, -0.25) is 0 Å². The lowest BCUT2D eigenvalue weighted by Gasteiger charge is -2.34. The van der Waals surface area contributed by atoms with Crippen LogP contribution in [-0.4, -0.2) is 26.1 Å². The summed E-state index contributed by atoms with van der Waals surface area (Å²) in [6.07, 6.45) is 2.00. The van der Waals surface area contributed by atoms with E-state index in [1.165, 1.54) is 11.1 Å². The summed E-state index contributed by atoms with van der Waals surface area (Å²) in [7, 11) is 3.56. The zero-order valence-corrected chi connectivity index (χ0v) is 13.8. The van der Waals surface area contributed by atoms with Gasteiger partial charge < -0.3 is 24.6 Å². The lowest BCUT2D eigenvalue weighted by atomic mass is 9.76. The molecule has 5 nitrogen and oxygen atoms in total. The third-order valence-corrected chi connectivity index (χ3v) is 5.04. The van der Waals surface area contributed by atoms with E-state index in [1.54, 1.807) is 13.2 Å². The number of nitrogens with one attached hydrogen (secondary N) is 1. The number of ether oxygens (including phenoxy) is 3. The van der Waals surface area contributed by atoms with Crippen LogP contribution in [0.3, 0.4) is 0 Å². The Kier molecular flexibility index (Phi) is 3.73. The van der Waals surface area contributed by atoms with Crippen molar-refractivity contribution in [2.24, 2.45) is 0 Å². The molecule has 0 radical (unpaired) electrons. The number of hydrogen-bond acceptors (Lipinski definition) is 5. The second kappa shape index (κ2) is 5.91. The quantitative estimate of drug-likeness (QED) is 0.907. The van der Waals surface area contributed by atoms with Crippen molar-refractivity contribution in [2.75, 3.05) is 21.0 Å². The molecule has 4 rings (SSSR count). The monoisotopic (exact) mass is 327 g/mol. The van der Waals surface area contributed by atoms with E-state index in [-0.39, 0.29) is 11.8 Å². The molecule has 2 aliphatic rings. The van der Waals surface area contributed by atoms with Gasteiger partial charge in [-0.1, -0.05) is 6.07 Å². The number of aryl methyl sites for hydroxylation is 1. The third kappa shape index (κ3) is 2.36. The Morgan fingerprint density at radius 3 is 2.71 bits per heavy atom. The average molecular weight is 327 g/mol. The molecule has 1 heterocycles. The Hall–Kier alpha value is -2.40. The Morgan fingerprint density at radius 2 is 1.96 bits per heavy atom. The van der Waals surface area contributed by atoms with Crippen LogP contribution in [0.5, 0.6) is 23.0 Å². The molecule has 2 aromatic rings. The van der Waals surface area contributed by atoms with Gasteiger partial charge in [-0.25, -0.2) is 0 Å². The zero-order valence-electron chi connectivity index (χ0n) is 13.8. The minimum absolute atomic E-state index is 0.168. The van der Waals surface area contributed by atoms with E-state index in [0.29, 0.717) is 18.5 Å². The van der Waals surface area contributed by atoms with Gasteiger partial charge in [0.25, 0.3) is 0 Å². The molecule has 0 spiro atoms. The van der Waals surface area contributed by atoms with E-state index in [9.17, 15) is 5.11 Å². The van der Waals surface area contributed by atoms with Crippen LogP contribution < -0.4 is 19.5 Å². The van der Waals surface area contributed by atoms with E-state index in [0.717, 1.165) is 29.9 Å². The van der Waals surface area contributed by atoms with E-state index in [4.69, 9.17) is 14.2 Å². The van der Waals surface area contributed by atoms with Crippen LogP contribution in [0.25, 0.3) is 0 Å². The molecule has 0 bridgehead atoms. The van der Waals surface area contributed by atoms with Crippen molar-refractivity contribution < 1.29 is 19.3 Å². The second-order valence-corrected chi connectivity index (χ2v) is 6.25. The number of fused-ring (bicyclic) bond motifs is 2. The van der Waals surface area contributed by atoms with Crippen LogP contribution in [0, 0.1) is 0 Å². The molecule has 126 valence electrons. The van der Waals surface area contributed by atoms with Crippen LogP contribution in [0.2, 0.25) is 0 Å². The molecule has 0 saturated carbocycles. The number of methoxy groups -OCH3 is 1. The number of rotatable bonds is 3. The fourth-order valence-electron chi connectivity index (χ4n) is 3.84. The summed E-state index contributed by atoms with van der Waals surface area (Å²) < 4.78 is 16.3. The Bertz CT molecular complexity index is 774. The van der Waals surface area contributed by atoms with Gasteiger partial charge in [-0.15, -0.1) is 0 Å². The first-order valence-corrected chi connectivity index (χ1v) is 8.18. The standard InChI is InChI=1S/C19H21NO4/c1-20-19-13(11-4-6-15(21)16(7-11)22-2)5-3-12-8-17-18(9-14(12)19)24-10-23-17/h4,6-9,13,19-21H,3,5,10H2,1-2H3/t13-,19+/m1/s1. The van der Waals surface area contributed by atoms with Crippen molar-refractivity contribution in [2.45, 2.75) is 24.8 Å². The molecule has 2 aromatic carbocycles. The first-order valence-electron chi connectivity index (χ1n) is 8.18. The number of likely N-dealkylation sites (N-methyl/N-ethyl adjacent to an activating group) is 1. The van der Waals surface area contributed by atoms with Gasteiger partial charge in [0.05, 0.1) is 7.11 Å². The third-order valence-electron chi connectivity index (χ3n) is 5.04.